The summed E-state index contributed by atoms with van der Waals surface area (Å²) >= 11 is 1.59. The van der Waals surface area contributed by atoms with Crippen LogP contribution in [-0.2, 0) is 11.3 Å². The van der Waals surface area contributed by atoms with Gasteiger partial charge in [0.15, 0.2) is 5.65 Å². The molecule has 7 heteroatoms. The van der Waals surface area contributed by atoms with Gasteiger partial charge < -0.3 is 5.32 Å². The molecule has 0 radical (unpaired) electrons. The quantitative estimate of drug-likeness (QED) is 0.774. The van der Waals surface area contributed by atoms with Crippen molar-refractivity contribution in [2.45, 2.75) is 27.3 Å². The van der Waals surface area contributed by atoms with E-state index in [0.29, 0.717) is 11.3 Å². The highest BCUT2D eigenvalue weighted by molar-refractivity contribution is 7.13. The molecule has 0 fully saturated rings. The van der Waals surface area contributed by atoms with Crippen LogP contribution in [0, 0.1) is 5.41 Å². The van der Waals surface area contributed by atoms with Gasteiger partial charge in [-0.3, -0.25) is 14.7 Å². The molecule has 23 heavy (non-hydrogen) atoms. The molecule has 3 aromatic heterocycles. The second-order valence-electron chi connectivity index (χ2n) is 6.36. The van der Waals surface area contributed by atoms with Crippen molar-refractivity contribution in [2.75, 3.05) is 0 Å². The smallest absolute Gasteiger partial charge is 0.272 e. The van der Waals surface area contributed by atoms with Crippen LogP contribution in [0.4, 0.5) is 0 Å². The minimum Gasteiger partial charge on any atom is -0.350 e. The van der Waals surface area contributed by atoms with E-state index in [1.54, 1.807) is 11.3 Å². The molecule has 120 valence electrons. The van der Waals surface area contributed by atoms with Crippen LogP contribution in [-0.4, -0.2) is 20.5 Å². The molecule has 3 rings (SSSR count). The van der Waals surface area contributed by atoms with Crippen LogP contribution in [0.5, 0.6) is 0 Å². The van der Waals surface area contributed by atoms with E-state index in [2.05, 4.69) is 15.4 Å². The lowest BCUT2D eigenvalue weighted by Gasteiger charge is -2.17. The van der Waals surface area contributed by atoms with Crippen molar-refractivity contribution in [1.29, 1.82) is 0 Å². The van der Waals surface area contributed by atoms with Crippen LogP contribution in [0.2, 0.25) is 0 Å². The fourth-order valence-electron chi connectivity index (χ4n) is 2.13. The molecule has 0 unspecified atom stereocenters. The summed E-state index contributed by atoms with van der Waals surface area (Å²) in [4.78, 5) is 29.6. The number of nitrogens with one attached hydrogen (secondary N) is 2. The molecule has 6 nitrogen and oxygen atoms in total. The van der Waals surface area contributed by atoms with Gasteiger partial charge in [-0.2, -0.15) is 0 Å². The number of amides is 1. The number of aromatic amines is 1. The zero-order chi connectivity index (χ0) is 16.6. The largest absolute Gasteiger partial charge is 0.350 e. The number of hydrogen-bond donors (Lipinski definition) is 2. The van der Waals surface area contributed by atoms with Gasteiger partial charge in [-0.05, 0) is 11.4 Å². The molecule has 0 bridgehead atoms. The first-order valence-electron chi connectivity index (χ1n) is 7.28. The maximum atomic E-state index is 12.2. The second kappa shape index (κ2) is 5.66. The average molecular weight is 330 g/mol. The van der Waals surface area contributed by atoms with E-state index in [9.17, 15) is 9.59 Å². The number of fused-ring (bicyclic) bond motifs is 1. The minimum atomic E-state index is -0.473. The zero-order valence-corrected chi connectivity index (χ0v) is 14.0. The van der Waals surface area contributed by atoms with Gasteiger partial charge in [-0.15, -0.1) is 11.3 Å². The average Bonchev–Trinajstić information content (AvgIpc) is 3.12. The van der Waals surface area contributed by atoms with Crippen LogP contribution in [0.15, 0.2) is 34.4 Å². The lowest BCUT2D eigenvalue weighted by atomic mass is 9.96. The molecule has 2 N–H and O–H groups in total. The fourth-order valence-corrected chi connectivity index (χ4v) is 2.82. The number of thiophene rings is 1. The third-order valence-corrected chi connectivity index (χ3v) is 4.30. The van der Waals surface area contributed by atoms with E-state index in [-0.39, 0.29) is 18.0 Å². The molecule has 0 spiro atoms. The Labute approximate surface area is 137 Å². The first kappa shape index (κ1) is 15.5. The topological polar surface area (TPSA) is 79.3 Å². The van der Waals surface area contributed by atoms with E-state index in [0.717, 1.165) is 10.6 Å². The van der Waals surface area contributed by atoms with Crippen LogP contribution in [0.3, 0.4) is 0 Å². The van der Waals surface area contributed by atoms with Gasteiger partial charge in [0, 0.05) is 17.5 Å². The molecule has 0 aliphatic carbocycles. The Bertz CT molecular complexity index is 900. The highest BCUT2D eigenvalue weighted by Gasteiger charge is 2.20. The summed E-state index contributed by atoms with van der Waals surface area (Å²) in [6.07, 6.45) is 0. The summed E-state index contributed by atoms with van der Waals surface area (Å²) in [6, 6.07) is 7.20. The fraction of sp³-hybridized carbons (Fsp3) is 0.312. The second-order valence-corrected chi connectivity index (χ2v) is 7.31. The van der Waals surface area contributed by atoms with Crippen molar-refractivity contribution >= 4 is 22.9 Å². The van der Waals surface area contributed by atoms with Crippen molar-refractivity contribution < 1.29 is 4.79 Å². The third-order valence-electron chi connectivity index (χ3n) is 3.40. The SMILES string of the molecule is CC(C)(C)C(=O)NCc1cc(=O)n2[nH]c(-c3cccs3)cc2n1. The van der Waals surface area contributed by atoms with Crippen LogP contribution >= 0.6 is 11.3 Å². The van der Waals surface area contributed by atoms with Crippen molar-refractivity contribution in [3.05, 3.63) is 45.7 Å². The Balaban J connectivity index is 1.89. The molecule has 0 aromatic carbocycles. The lowest BCUT2D eigenvalue weighted by Crippen LogP contribution is -2.34. The van der Waals surface area contributed by atoms with E-state index >= 15 is 0 Å². The van der Waals surface area contributed by atoms with Crippen molar-refractivity contribution in [2.24, 2.45) is 5.41 Å². The summed E-state index contributed by atoms with van der Waals surface area (Å²) in [5.74, 6) is -0.0761. The number of aromatic nitrogens is 3. The van der Waals surface area contributed by atoms with Gasteiger partial charge in [-0.1, -0.05) is 26.8 Å². The maximum Gasteiger partial charge on any atom is 0.272 e. The Morgan fingerprint density at radius 3 is 2.83 bits per heavy atom. The molecule has 1 amide bonds. The summed E-state index contributed by atoms with van der Waals surface area (Å²) < 4.78 is 1.41. The van der Waals surface area contributed by atoms with Gasteiger partial charge in [0.2, 0.25) is 5.91 Å². The summed E-state index contributed by atoms with van der Waals surface area (Å²) in [5.41, 5.74) is 1.27. The van der Waals surface area contributed by atoms with Gasteiger partial charge in [-0.25, -0.2) is 9.50 Å². The summed E-state index contributed by atoms with van der Waals surface area (Å²) in [7, 11) is 0. The number of nitrogens with zero attached hydrogens (tertiary/aromatic N) is 2. The molecule has 3 heterocycles. The maximum absolute atomic E-state index is 12.2. The van der Waals surface area contributed by atoms with Crippen molar-refractivity contribution in [1.82, 2.24) is 19.9 Å². The van der Waals surface area contributed by atoms with Crippen LogP contribution in [0.25, 0.3) is 16.2 Å². The summed E-state index contributed by atoms with van der Waals surface area (Å²) in [6.45, 7) is 5.76. The molecule has 3 aromatic rings. The lowest BCUT2D eigenvalue weighted by molar-refractivity contribution is -0.128. The van der Waals surface area contributed by atoms with E-state index < -0.39 is 5.41 Å². The van der Waals surface area contributed by atoms with Crippen molar-refractivity contribution in [3.8, 4) is 10.6 Å². The molecule has 0 aliphatic rings. The van der Waals surface area contributed by atoms with Gasteiger partial charge in [0.25, 0.3) is 5.56 Å². The highest BCUT2D eigenvalue weighted by atomic mass is 32.1. The van der Waals surface area contributed by atoms with E-state index in [1.807, 2.05) is 44.4 Å². The molecule has 0 aliphatic heterocycles. The van der Waals surface area contributed by atoms with Gasteiger partial charge in [0.1, 0.15) is 0 Å². The molecular formula is C16H18N4O2S. The van der Waals surface area contributed by atoms with Crippen LogP contribution in [0.1, 0.15) is 26.5 Å². The van der Waals surface area contributed by atoms with Crippen LogP contribution < -0.4 is 10.9 Å². The highest BCUT2D eigenvalue weighted by Crippen LogP contribution is 2.23. The Morgan fingerprint density at radius 1 is 1.39 bits per heavy atom. The first-order chi connectivity index (χ1) is 10.8. The molecule has 0 saturated carbocycles. The van der Waals surface area contributed by atoms with E-state index in [1.165, 1.54) is 10.6 Å². The molecule has 0 saturated heterocycles. The number of carbonyl (C=O) groups is 1. The molecule has 0 atom stereocenters. The number of H-pyrrole nitrogens is 1. The monoisotopic (exact) mass is 330 g/mol. The predicted octanol–water partition coefficient (Wildman–Crippen LogP) is 2.41. The number of rotatable bonds is 3. The third kappa shape index (κ3) is 3.19. The van der Waals surface area contributed by atoms with Gasteiger partial charge >= 0.3 is 0 Å². The minimum absolute atomic E-state index is 0.0761. The van der Waals surface area contributed by atoms with Gasteiger partial charge in [0.05, 0.1) is 22.8 Å². The Hall–Kier alpha value is -2.41. The normalized spacial score (nSPS) is 11.8. The van der Waals surface area contributed by atoms with E-state index in [4.69, 9.17) is 0 Å². The van der Waals surface area contributed by atoms with Crippen molar-refractivity contribution in [3.63, 3.8) is 0 Å². The standard InChI is InChI=1S/C16H18N4O2S/c1-16(2,3)15(22)17-9-10-7-14(21)20-13(18-10)8-11(19-20)12-5-4-6-23-12/h4-8,19H,9H2,1-3H3,(H,17,22). The predicted molar refractivity (Wildman–Crippen MR) is 90.4 cm³/mol. The Kier molecular flexibility index (Phi) is 3.81. The number of carbonyl (C=O) groups excluding carboxylic acids is 1. The Morgan fingerprint density at radius 2 is 2.17 bits per heavy atom. The zero-order valence-electron chi connectivity index (χ0n) is 13.2. The molecular weight excluding hydrogens is 312 g/mol. The summed E-state index contributed by atoms with van der Waals surface area (Å²) in [5, 5.41) is 7.83. The first-order valence-corrected chi connectivity index (χ1v) is 8.16. The number of hydrogen-bond acceptors (Lipinski definition) is 4.